The Balaban J connectivity index is 2.47. The highest BCUT2D eigenvalue weighted by molar-refractivity contribution is 7.98. The minimum atomic E-state index is -0.874. The van der Waals surface area contributed by atoms with Crippen molar-refractivity contribution in [3.8, 4) is 0 Å². The van der Waals surface area contributed by atoms with Gasteiger partial charge in [0.1, 0.15) is 11.6 Å². The van der Waals surface area contributed by atoms with Crippen LogP contribution in [0.2, 0.25) is 0 Å². The van der Waals surface area contributed by atoms with E-state index in [4.69, 9.17) is 0 Å². The van der Waals surface area contributed by atoms with E-state index in [1.807, 2.05) is 44.4 Å². The quantitative estimate of drug-likeness (QED) is 0.874. The second-order valence-electron chi connectivity index (χ2n) is 6.18. The summed E-state index contributed by atoms with van der Waals surface area (Å²) in [6.07, 6.45) is 2.01. The molecule has 0 bridgehead atoms. The third-order valence-corrected chi connectivity index (χ3v) is 4.46. The van der Waals surface area contributed by atoms with Gasteiger partial charge in [0.15, 0.2) is 0 Å². The van der Waals surface area contributed by atoms with Crippen molar-refractivity contribution in [3.05, 3.63) is 24.3 Å². The van der Waals surface area contributed by atoms with Crippen molar-refractivity contribution >= 4 is 29.3 Å². The predicted molar refractivity (Wildman–Crippen MR) is 86.6 cm³/mol. The van der Waals surface area contributed by atoms with Gasteiger partial charge in [0.05, 0.1) is 0 Å². The maximum Gasteiger partial charge on any atom is 0.252 e. The second-order valence-corrected chi connectivity index (χ2v) is 7.06. The molecule has 0 spiro atoms. The van der Waals surface area contributed by atoms with Gasteiger partial charge >= 0.3 is 0 Å². The Morgan fingerprint density at radius 3 is 2.24 bits per heavy atom. The molecule has 114 valence electrons. The average molecular weight is 306 g/mol. The lowest BCUT2D eigenvalue weighted by molar-refractivity contribution is -0.138. The van der Waals surface area contributed by atoms with Gasteiger partial charge in [0.2, 0.25) is 5.91 Å². The molecule has 1 unspecified atom stereocenters. The van der Waals surface area contributed by atoms with Crippen LogP contribution in [0.25, 0.3) is 0 Å². The topological polar surface area (TPSA) is 49.4 Å². The normalized spacial score (nSPS) is 21.6. The largest absolute Gasteiger partial charge is 0.340 e. The van der Waals surface area contributed by atoms with Gasteiger partial charge in [-0.05, 0) is 50.3 Å². The van der Waals surface area contributed by atoms with E-state index >= 15 is 0 Å². The fourth-order valence-electron chi connectivity index (χ4n) is 2.60. The Labute approximate surface area is 130 Å². The maximum atomic E-state index is 12.8. The molecule has 0 saturated carbocycles. The number of carbonyl (C=O) groups excluding carboxylic acids is 2. The smallest absolute Gasteiger partial charge is 0.252 e. The molecule has 0 aliphatic carbocycles. The molecule has 4 nitrogen and oxygen atoms in total. The minimum Gasteiger partial charge on any atom is -0.340 e. The Hall–Kier alpha value is -1.49. The molecular formula is C16H22N2O2S. The van der Waals surface area contributed by atoms with Crippen LogP contribution in [-0.2, 0) is 9.59 Å². The van der Waals surface area contributed by atoms with E-state index in [-0.39, 0.29) is 17.7 Å². The lowest BCUT2D eigenvalue weighted by atomic mass is 9.91. The average Bonchev–Trinajstić information content (AvgIpc) is 2.41. The van der Waals surface area contributed by atoms with Crippen LogP contribution in [0.3, 0.4) is 0 Å². The highest BCUT2D eigenvalue weighted by atomic mass is 32.2. The zero-order valence-electron chi connectivity index (χ0n) is 13.1. The number of nitrogens with one attached hydrogen (secondary N) is 1. The van der Waals surface area contributed by atoms with Crippen molar-refractivity contribution in [3.63, 3.8) is 0 Å². The zero-order chi connectivity index (χ0) is 15.8. The molecule has 1 N–H and O–H groups in total. The summed E-state index contributed by atoms with van der Waals surface area (Å²) in [5, 5.41) is 2.82. The molecule has 1 heterocycles. The van der Waals surface area contributed by atoms with Crippen LogP contribution >= 0.6 is 11.8 Å². The molecule has 1 aromatic carbocycles. The van der Waals surface area contributed by atoms with Crippen LogP contribution in [0.1, 0.15) is 27.7 Å². The summed E-state index contributed by atoms with van der Waals surface area (Å²) in [5.74, 6) is -0.119. The first-order valence-electron chi connectivity index (χ1n) is 7.07. The summed E-state index contributed by atoms with van der Waals surface area (Å²) in [4.78, 5) is 27.9. The fraction of sp³-hybridized carbons (Fsp3) is 0.500. The minimum absolute atomic E-state index is 0.0466. The van der Waals surface area contributed by atoms with Crippen LogP contribution in [0, 0.1) is 5.92 Å². The summed E-state index contributed by atoms with van der Waals surface area (Å²) in [7, 11) is 0. The first-order chi connectivity index (χ1) is 9.77. The van der Waals surface area contributed by atoms with Crippen molar-refractivity contribution in [2.45, 2.75) is 44.2 Å². The molecule has 5 heteroatoms. The van der Waals surface area contributed by atoms with Crippen LogP contribution in [-0.4, -0.2) is 29.7 Å². The number of nitrogens with zero attached hydrogens (tertiary/aromatic N) is 1. The third kappa shape index (κ3) is 2.93. The van der Waals surface area contributed by atoms with E-state index in [2.05, 4.69) is 5.32 Å². The number of rotatable bonds is 3. The summed E-state index contributed by atoms with van der Waals surface area (Å²) in [6, 6.07) is 7.31. The van der Waals surface area contributed by atoms with E-state index in [0.717, 1.165) is 10.6 Å². The molecule has 1 atom stereocenters. The molecule has 0 radical (unpaired) electrons. The van der Waals surface area contributed by atoms with Crippen LogP contribution in [0.4, 0.5) is 5.69 Å². The predicted octanol–water partition coefficient (Wildman–Crippen LogP) is 2.67. The van der Waals surface area contributed by atoms with Crippen LogP contribution in [0.5, 0.6) is 0 Å². The number of piperazine rings is 1. The fourth-order valence-corrected chi connectivity index (χ4v) is 3.01. The van der Waals surface area contributed by atoms with E-state index in [1.54, 1.807) is 30.5 Å². The number of thioether (sulfide) groups is 1. The summed E-state index contributed by atoms with van der Waals surface area (Å²) < 4.78 is 0. The Morgan fingerprint density at radius 2 is 1.76 bits per heavy atom. The van der Waals surface area contributed by atoms with Gasteiger partial charge in [0.25, 0.3) is 5.91 Å². The molecule has 0 aromatic heterocycles. The molecule has 1 fully saturated rings. The van der Waals surface area contributed by atoms with Crippen molar-refractivity contribution in [1.29, 1.82) is 0 Å². The monoisotopic (exact) mass is 306 g/mol. The Bertz CT molecular complexity index is 552. The van der Waals surface area contributed by atoms with Crippen molar-refractivity contribution < 1.29 is 9.59 Å². The molecule has 21 heavy (non-hydrogen) atoms. The third-order valence-electron chi connectivity index (χ3n) is 3.72. The molecule has 1 aliphatic rings. The lowest BCUT2D eigenvalue weighted by Crippen LogP contribution is -2.69. The molecular weight excluding hydrogens is 284 g/mol. The molecule has 2 amide bonds. The highest BCUT2D eigenvalue weighted by Gasteiger charge is 2.46. The van der Waals surface area contributed by atoms with Crippen LogP contribution in [0.15, 0.2) is 29.2 Å². The van der Waals surface area contributed by atoms with Gasteiger partial charge in [-0.15, -0.1) is 11.8 Å². The van der Waals surface area contributed by atoms with Crippen molar-refractivity contribution in [2.24, 2.45) is 5.92 Å². The zero-order valence-corrected chi connectivity index (χ0v) is 14.0. The number of benzene rings is 1. The van der Waals surface area contributed by atoms with Crippen LogP contribution < -0.4 is 10.2 Å². The van der Waals surface area contributed by atoms with Gasteiger partial charge in [-0.1, -0.05) is 13.8 Å². The Morgan fingerprint density at radius 1 is 1.19 bits per heavy atom. The first kappa shape index (κ1) is 15.9. The Kier molecular flexibility index (Phi) is 4.33. The lowest BCUT2D eigenvalue weighted by Gasteiger charge is -2.44. The number of amides is 2. The second kappa shape index (κ2) is 5.72. The van der Waals surface area contributed by atoms with Crippen molar-refractivity contribution in [2.75, 3.05) is 11.2 Å². The van der Waals surface area contributed by atoms with Gasteiger partial charge in [-0.2, -0.15) is 0 Å². The van der Waals surface area contributed by atoms with Crippen molar-refractivity contribution in [1.82, 2.24) is 5.32 Å². The van der Waals surface area contributed by atoms with Gasteiger partial charge in [-0.25, -0.2) is 0 Å². The first-order valence-corrected chi connectivity index (χ1v) is 8.30. The van der Waals surface area contributed by atoms with E-state index in [0.29, 0.717) is 0 Å². The summed E-state index contributed by atoms with van der Waals surface area (Å²) >= 11 is 1.65. The standard InChI is InChI=1S/C16H22N2O2S/c1-10(2)13-14(19)17-16(3,4)15(20)18(13)11-6-8-12(21-5)9-7-11/h6-10,13H,1-5H3,(H,17,19). The molecule has 1 aliphatic heterocycles. The summed E-state index contributed by atoms with van der Waals surface area (Å²) in [5.41, 5.74) is -0.0971. The molecule has 1 aromatic rings. The van der Waals surface area contributed by atoms with Gasteiger partial charge in [0, 0.05) is 10.6 Å². The molecule has 2 rings (SSSR count). The van der Waals surface area contributed by atoms with E-state index in [9.17, 15) is 9.59 Å². The maximum absolute atomic E-state index is 12.8. The van der Waals surface area contributed by atoms with Gasteiger partial charge < -0.3 is 5.32 Å². The van der Waals surface area contributed by atoms with E-state index < -0.39 is 11.6 Å². The summed E-state index contributed by atoms with van der Waals surface area (Å²) in [6.45, 7) is 7.40. The molecule has 1 saturated heterocycles. The van der Waals surface area contributed by atoms with Gasteiger partial charge in [-0.3, -0.25) is 14.5 Å². The number of anilines is 1. The highest BCUT2D eigenvalue weighted by Crippen LogP contribution is 2.30. The van der Waals surface area contributed by atoms with E-state index in [1.165, 1.54) is 0 Å². The number of hydrogen-bond donors (Lipinski definition) is 1. The number of hydrogen-bond acceptors (Lipinski definition) is 3. The SMILES string of the molecule is CSc1ccc(N2C(=O)C(C)(C)NC(=O)C2C(C)C)cc1. The number of carbonyl (C=O) groups is 2.